The Hall–Kier alpha value is -1.49. The van der Waals surface area contributed by atoms with Gasteiger partial charge in [-0.05, 0) is 18.8 Å². The number of nitrogens with zero attached hydrogens (tertiary/aromatic N) is 4. The molecule has 3 rings (SSSR count). The lowest BCUT2D eigenvalue weighted by Gasteiger charge is -2.07. The van der Waals surface area contributed by atoms with E-state index >= 15 is 0 Å². The van der Waals surface area contributed by atoms with E-state index in [1.165, 1.54) is 12.8 Å². The van der Waals surface area contributed by atoms with Gasteiger partial charge in [0.2, 0.25) is 0 Å². The van der Waals surface area contributed by atoms with Gasteiger partial charge >= 0.3 is 0 Å². The van der Waals surface area contributed by atoms with E-state index in [4.69, 9.17) is 5.73 Å². The molecule has 0 spiro atoms. The second-order valence-electron chi connectivity index (χ2n) is 4.13. The first-order chi connectivity index (χ1) is 7.34. The molecule has 5 heteroatoms. The van der Waals surface area contributed by atoms with Crippen molar-refractivity contribution in [1.29, 1.82) is 0 Å². The summed E-state index contributed by atoms with van der Waals surface area (Å²) in [5.41, 5.74) is 6.85. The Balaban J connectivity index is 1.90. The molecule has 0 radical (unpaired) electrons. The van der Waals surface area contributed by atoms with Gasteiger partial charge in [-0.15, -0.1) is 10.2 Å². The standard InChI is InChI=1S/C10H13N5/c11-8(7-1-2-7)5-9-13-14-10-6-12-3-4-15(9)10/h3-4,6-8H,1-2,5,11H2. The van der Waals surface area contributed by atoms with Crippen LogP contribution in [-0.4, -0.2) is 25.6 Å². The Morgan fingerprint density at radius 1 is 1.47 bits per heavy atom. The summed E-state index contributed by atoms with van der Waals surface area (Å²) in [6.45, 7) is 0. The molecule has 0 amide bonds. The molecule has 78 valence electrons. The highest BCUT2D eigenvalue weighted by Crippen LogP contribution is 2.32. The third-order valence-corrected chi connectivity index (χ3v) is 2.93. The van der Waals surface area contributed by atoms with E-state index in [2.05, 4.69) is 15.2 Å². The summed E-state index contributed by atoms with van der Waals surface area (Å²) >= 11 is 0. The average Bonchev–Trinajstić information content (AvgIpc) is 3.03. The molecule has 1 saturated carbocycles. The first-order valence-corrected chi connectivity index (χ1v) is 5.24. The lowest BCUT2D eigenvalue weighted by molar-refractivity contribution is 0.572. The predicted molar refractivity (Wildman–Crippen MR) is 55.2 cm³/mol. The Bertz CT molecular complexity index is 473. The molecule has 0 aromatic carbocycles. The van der Waals surface area contributed by atoms with E-state index in [1.54, 1.807) is 12.4 Å². The number of hydrogen-bond acceptors (Lipinski definition) is 4. The van der Waals surface area contributed by atoms with Gasteiger partial charge in [0, 0.05) is 24.9 Å². The summed E-state index contributed by atoms with van der Waals surface area (Å²) in [4.78, 5) is 4.00. The molecule has 15 heavy (non-hydrogen) atoms. The van der Waals surface area contributed by atoms with Crippen LogP contribution in [0.1, 0.15) is 18.7 Å². The Morgan fingerprint density at radius 2 is 2.33 bits per heavy atom. The lowest BCUT2D eigenvalue weighted by atomic mass is 10.1. The first-order valence-electron chi connectivity index (χ1n) is 5.24. The van der Waals surface area contributed by atoms with Crippen LogP contribution in [0, 0.1) is 5.92 Å². The van der Waals surface area contributed by atoms with E-state index < -0.39 is 0 Å². The van der Waals surface area contributed by atoms with Gasteiger partial charge in [0.25, 0.3) is 0 Å². The van der Waals surface area contributed by atoms with Crippen LogP contribution >= 0.6 is 0 Å². The van der Waals surface area contributed by atoms with Crippen LogP contribution in [0.3, 0.4) is 0 Å². The largest absolute Gasteiger partial charge is 0.327 e. The highest BCUT2D eigenvalue weighted by Gasteiger charge is 2.29. The number of aromatic nitrogens is 4. The van der Waals surface area contributed by atoms with Gasteiger partial charge in [-0.3, -0.25) is 9.38 Å². The highest BCUT2D eigenvalue weighted by molar-refractivity contribution is 5.33. The number of hydrogen-bond donors (Lipinski definition) is 1. The zero-order chi connectivity index (χ0) is 10.3. The Morgan fingerprint density at radius 3 is 3.13 bits per heavy atom. The summed E-state index contributed by atoms with van der Waals surface area (Å²) in [6, 6.07) is 0.227. The fourth-order valence-corrected chi connectivity index (χ4v) is 1.84. The summed E-state index contributed by atoms with van der Waals surface area (Å²) in [6.07, 6.45) is 8.65. The first kappa shape index (κ1) is 8.79. The maximum Gasteiger partial charge on any atom is 0.179 e. The zero-order valence-electron chi connectivity index (χ0n) is 8.37. The van der Waals surface area contributed by atoms with Crippen molar-refractivity contribution in [3.8, 4) is 0 Å². The van der Waals surface area contributed by atoms with Crippen LogP contribution in [0.25, 0.3) is 5.65 Å². The van der Waals surface area contributed by atoms with Gasteiger partial charge < -0.3 is 5.73 Å². The van der Waals surface area contributed by atoms with Gasteiger partial charge in [-0.1, -0.05) is 0 Å². The molecule has 0 bridgehead atoms. The summed E-state index contributed by atoms with van der Waals surface area (Å²) in [5.74, 6) is 1.63. The molecule has 2 aromatic rings. The molecule has 1 unspecified atom stereocenters. The zero-order valence-corrected chi connectivity index (χ0v) is 8.37. The molecule has 2 heterocycles. The normalized spacial score (nSPS) is 18.2. The fraction of sp³-hybridized carbons (Fsp3) is 0.500. The van der Waals surface area contributed by atoms with Gasteiger partial charge in [0.15, 0.2) is 5.65 Å². The maximum atomic E-state index is 6.06. The quantitative estimate of drug-likeness (QED) is 0.784. The predicted octanol–water partition coefficient (Wildman–Crippen LogP) is 0.404. The van der Waals surface area contributed by atoms with Crippen LogP contribution in [-0.2, 0) is 6.42 Å². The van der Waals surface area contributed by atoms with Gasteiger partial charge in [0.05, 0.1) is 6.20 Å². The smallest absolute Gasteiger partial charge is 0.179 e. The molecule has 1 fully saturated rings. The maximum absolute atomic E-state index is 6.06. The minimum absolute atomic E-state index is 0.227. The number of rotatable bonds is 3. The molecule has 0 saturated heterocycles. The van der Waals surface area contributed by atoms with E-state index in [0.29, 0.717) is 5.92 Å². The molecule has 0 aliphatic heterocycles. The monoisotopic (exact) mass is 203 g/mol. The topological polar surface area (TPSA) is 69.1 Å². The van der Waals surface area contributed by atoms with Crippen LogP contribution in [0.2, 0.25) is 0 Å². The summed E-state index contributed by atoms with van der Waals surface area (Å²) < 4.78 is 1.95. The number of fused-ring (bicyclic) bond motifs is 1. The van der Waals surface area contributed by atoms with Crippen molar-refractivity contribution in [3.63, 3.8) is 0 Å². The second kappa shape index (κ2) is 3.27. The van der Waals surface area contributed by atoms with Crippen molar-refractivity contribution in [2.45, 2.75) is 25.3 Å². The van der Waals surface area contributed by atoms with Crippen molar-refractivity contribution in [3.05, 3.63) is 24.4 Å². The summed E-state index contributed by atoms with van der Waals surface area (Å²) in [7, 11) is 0. The molecule has 5 nitrogen and oxygen atoms in total. The fourth-order valence-electron chi connectivity index (χ4n) is 1.84. The van der Waals surface area contributed by atoms with Gasteiger partial charge in [-0.25, -0.2) is 0 Å². The van der Waals surface area contributed by atoms with Crippen LogP contribution < -0.4 is 5.73 Å². The van der Waals surface area contributed by atoms with Crippen molar-refractivity contribution < 1.29 is 0 Å². The van der Waals surface area contributed by atoms with Crippen LogP contribution in [0.4, 0.5) is 0 Å². The minimum Gasteiger partial charge on any atom is -0.327 e. The molecule has 2 N–H and O–H groups in total. The summed E-state index contributed by atoms with van der Waals surface area (Å²) in [5, 5.41) is 8.18. The molecule has 1 atom stereocenters. The highest BCUT2D eigenvalue weighted by atomic mass is 15.2. The number of nitrogens with two attached hydrogens (primary N) is 1. The van der Waals surface area contributed by atoms with E-state index in [9.17, 15) is 0 Å². The Kier molecular flexibility index (Phi) is 1.92. The average molecular weight is 203 g/mol. The van der Waals surface area contributed by atoms with Gasteiger partial charge in [0.1, 0.15) is 5.82 Å². The van der Waals surface area contributed by atoms with Crippen molar-refractivity contribution >= 4 is 5.65 Å². The third-order valence-electron chi connectivity index (χ3n) is 2.93. The molecule has 1 aliphatic carbocycles. The SMILES string of the molecule is NC(Cc1nnc2cnccn12)C1CC1. The Labute approximate surface area is 87.3 Å². The molecular formula is C10H13N5. The van der Waals surface area contributed by atoms with E-state index in [1.807, 2.05) is 10.6 Å². The van der Waals surface area contributed by atoms with Crippen molar-refractivity contribution in [2.24, 2.45) is 11.7 Å². The molecular weight excluding hydrogens is 190 g/mol. The van der Waals surface area contributed by atoms with E-state index in [0.717, 1.165) is 17.9 Å². The lowest BCUT2D eigenvalue weighted by Crippen LogP contribution is -2.26. The van der Waals surface area contributed by atoms with E-state index in [-0.39, 0.29) is 6.04 Å². The molecule has 2 aromatic heterocycles. The van der Waals surface area contributed by atoms with Gasteiger partial charge in [-0.2, -0.15) is 0 Å². The van der Waals surface area contributed by atoms with Crippen molar-refractivity contribution in [2.75, 3.05) is 0 Å². The molecule has 1 aliphatic rings. The van der Waals surface area contributed by atoms with Crippen LogP contribution in [0.15, 0.2) is 18.6 Å². The second-order valence-corrected chi connectivity index (χ2v) is 4.13. The van der Waals surface area contributed by atoms with Crippen LogP contribution in [0.5, 0.6) is 0 Å². The third kappa shape index (κ3) is 1.59. The minimum atomic E-state index is 0.227. The van der Waals surface area contributed by atoms with Crippen molar-refractivity contribution in [1.82, 2.24) is 19.6 Å².